The van der Waals surface area contributed by atoms with Gasteiger partial charge in [0.05, 0.1) is 24.4 Å². The summed E-state index contributed by atoms with van der Waals surface area (Å²) in [6.45, 7) is 17.5. The Morgan fingerprint density at radius 3 is 2.16 bits per heavy atom. The minimum absolute atomic E-state index is 0.0131. The van der Waals surface area contributed by atoms with Crippen molar-refractivity contribution in [2.45, 2.75) is 162 Å². The van der Waals surface area contributed by atoms with Crippen LogP contribution in [0, 0.1) is 45.3 Å². The Balaban J connectivity index is 1.49. The van der Waals surface area contributed by atoms with Gasteiger partial charge in [-0.25, -0.2) is 0 Å². The lowest BCUT2D eigenvalue weighted by Gasteiger charge is -2.70. The van der Waals surface area contributed by atoms with Crippen molar-refractivity contribution in [2.75, 3.05) is 6.61 Å². The highest BCUT2D eigenvalue weighted by atomic mass is 16.7. The molecule has 15 atom stereocenters. The van der Waals surface area contributed by atoms with Crippen LogP contribution < -0.4 is 0 Å². The zero-order chi connectivity index (χ0) is 32.6. The van der Waals surface area contributed by atoms with Gasteiger partial charge in [0.2, 0.25) is 0 Å². The molecule has 0 aromatic rings. The molecule has 1 heterocycles. The van der Waals surface area contributed by atoms with E-state index in [1.807, 2.05) is 0 Å². The van der Waals surface area contributed by atoms with Gasteiger partial charge < -0.3 is 40.1 Å². The summed E-state index contributed by atoms with van der Waals surface area (Å²) in [7, 11) is 0. The van der Waals surface area contributed by atoms with E-state index in [1.54, 1.807) is 0 Å². The number of aliphatic hydroxyl groups is 6. The Labute approximate surface area is 265 Å². The van der Waals surface area contributed by atoms with Gasteiger partial charge in [0.1, 0.15) is 24.4 Å². The largest absolute Gasteiger partial charge is 0.394 e. The van der Waals surface area contributed by atoms with Gasteiger partial charge in [0.25, 0.3) is 0 Å². The van der Waals surface area contributed by atoms with Gasteiger partial charge in [-0.1, -0.05) is 46.3 Å². The fraction of sp³-hybridized carbons (Fsp3) is 0.944. The Morgan fingerprint density at radius 1 is 0.864 bits per heavy atom. The normalized spacial score (nSPS) is 51.5. The molecule has 8 nitrogen and oxygen atoms in total. The molecule has 8 heteroatoms. The molecule has 44 heavy (non-hydrogen) atoms. The second-order valence-corrected chi connectivity index (χ2v) is 17.3. The number of ether oxygens (including phenoxy) is 2. The molecule has 5 fully saturated rings. The summed E-state index contributed by atoms with van der Waals surface area (Å²) in [4.78, 5) is 0. The van der Waals surface area contributed by atoms with Gasteiger partial charge in [-0.2, -0.15) is 0 Å². The average molecular weight is 623 g/mol. The van der Waals surface area contributed by atoms with Gasteiger partial charge in [-0.15, -0.1) is 0 Å². The number of hydrogen-bond donors (Lipinski definition) is 6. The van der Waals surface area contributed by atoms with E-state index in [-0.39, 0.29) is 39.6 Å². The maximum Gasteiger partial charge on any atom is 0.187 e. The van der Waals surface area contributed by atoms with Crippen molar-refractivity contribution < 1.29 is 40.1 Å². The molecule has 0 amide bonds. The summed E-state index contributed by atoms with van der Waals surface area (Å²) >= 11 is 0. The van der Waals surface area contributed by atoms with Gasteiger partial charge in [-0.3, -0.25) is 0 Å². The molecule has 6 N–H and O–H groups in total. The van der Waals surface area contributed by atoms with Crippen molar-refractivity contribution in [3.05, 3.63) is 11.6 Å². The first-order chi connectivity index (χ1) is 20.4. The van der Waals surface area contributed by atoms with Crippen molar-refractivity contribution in [1.82, 2.24) is 0 Å². The summed E-state index contributed by atoms with van der Waals surface area (Å²) in [5.74, 6) is 0.713. The van der Waals surface area contributed by atoms with Crippen LogP contribution in [0.1, 0.15) is 113 Å². The first-order valence-electron chi connectivity index (χ1n) is 17.3. The third-order valence-electron chi connectivity index (χ3n) is 14.6. The Bertz CT molecular complexity index is 1070. The fourth-order valence-electron chi connectivity index (χ4n) is 11.8. The van der Waals surface area contributed by atoms with E-state index < -0.39 is 49.0 Å². The van der Waals surface area contributed by atoms with Gasteiger partial charge in [0, 0.05) is 0 Å². The van der Waals surface area contributed by atoms with Crippen LogP contribution in [0.5, 0.6) is 0 Å². The van der Waals surface area contributed by atoms with Gasteiger partial charge in [0.15, 0.2) is 6.29 Å². The quantitative estimate of drug-likeness (QED) is 0.231. The molecular formula is C36H62O8. The summed E-state index contributed by atoms with van der Waals surface area (Å²) in [6, 6.07) is 0. The molecule has 0 spiro atoms. The van der Waals surface area contributed by atoms with Crippen LogP contribution >= 0.6 is 0 Å². The van der Waals surface area contributed by atoms with Gasteiger partial charge >= 0.3 is 0 Å². The van der Waals surface area contributed by atoms with E-state index in [4.69, 9.17) is 9.47 Å². The molecule has 0 aromatic heterocycles. The van der Waals surface area contributed by atoms with Crippen LogP contribution in [0.25, 0.3) is 0 Å². The molecule has 0 bridgehead atoms. The maximum atomic E-state index is 12.2. The molecule has 1 aliphatic heterocycles. The first kappa shape index (κ1) is 34.7. The molecule has 5 rings (SSSR count). The van der Waals surface area contributed by atoms with Crippen molar-refractivity contribution >= 4 is 0 Å². The van der Waals surface area contributed by atoms with E-state index >= 15 is 0 Å². The van der Waals surface area contributed by atoms with Crippen LogP contribution in [0.15, 0.2) is 11.6 Å². The highest BCUT2D eigenvalue weighted by Crippen LogP contribution is 2.76. The average Bonchev–Trinajstić information content (AvgIpc) is 3.33. The molecule has 0 aromatic carbocycles. The number of allylic oxidation sites excluding steroid dienone is 2. The zero-order valence-electron chi connectivity index (χ0n) is 28.5. The van der Waals surface area contributed by atoms with E-state index in [9.17, 15) is 30.6 Å². The lowest BCUT2D eigenvalue weighted by Crippen LogP contribution is -2.67. The lowest BCUT2D eigenvalue weighted by molar-refractivity contribution is -0.336. The zero-order valence-corrected chi connectivity index (χ0v) is 28.5. The van der Waals surface area contributed by atoms with Crippen molar-refractivity contribution in [1.29, 1.82) is 0 Å². The van der Waals surface area contributed by atoms with Crippen molar-refractivity contribution in [2.24, 2.45) is 45.3 Å². The third-order valence-corrected chi connectivity index (χ3v) is 14.6. The van der Waals surface area contributed by atoms with Crippen LogP contribution in [-0.4, -0.2) is 85.8 Å². The standard InChI is InChI=1S/C36H62O8/c1-20(2)10-9-14-36(8,44-31-30(42)29(41)28(40)23(19-37)43-31)21-11-16-35(7)27(21)22(38)18-25-33(5)15-13-26(39)32(3,4)24(33)12-17-34(25,35)6/h10,21-31,37-42H,9,11-19H2,1-8H3/t21-,22-,23+,24-,25-,26+,27-,28+,29+,30+,31+,33-,34+,35+,36-/m0/s1. The second kappa shape index (κ2) is 11.8. The predicted octanol–water partition coefficient (Wildman–Crippen LogP) is 4.32. The Morgan fingerprint density at radius 2 is 1.52 bits per heavy atom. The summed E-state index contributed by atoms with van der Waals surface area (Å²) < 4.78 is 12.6. The van der Waals surface area contributed by atoms with Gasteiger partial charge in [-0.05, 0) is 124 Å². The Hall–Kier alpha value is -0.580. The summed E-state index contributed by atoms with van der Waals surface area (Å²) in [5, 5.41) is 65.0. The van der Waals surface area contributed by atoms with Crippen LogP contribution in [-0.2, 0) is 9.47 Å². The smallest absolute Gasteiger partial charge is 0.187 e. The lowest BCUT2D eigenvalue weighted by atomic mass is 9.35. The molecule has 4 saturated carbocycles. The third kappa shape index (κ3) is 5.17. The molecule has 5 aliphatic rings. The first-order valence-corrected chi connectivity index (χ1v) is 17.3. The SMILES string of the molecule is CC(C)=CCC[C@](C)(O[C@H]1O[C@H](CO)[C@@H](O)[C@@H](O)[C@H]1O)[C@H]1CC[C@]2(C)[C@@H]1[C@@H](O)C[C@H]1[C@@]3(C)CC[C@@H](O)C(C)(C)[C@@H]3CC[C@]12C. The highest BCUT2D eigenvalue weighted by Gasteiger charge is 2.71. The van der Waals surface area contributed by atoms with E-state index in [2.05, 4.69) is 61.5 Å². The number of fused-ring (bicyclic) bond motifs is 5. The van der Waals surface area contributed by atoms with E-state index in [1.165, 1.54) is 5.57 Å². The molecule has 0 radical (unpaired) electrons. The van der Waals surface area contributed by atoms with Crippen molar-refractivity contribution in [3.63, 3.8) is 0 Å². The van der Waals surface area contributed by atoms with Crippen molar-refractivity contribution in [3.8, 4) is 0 Å². The fourth-order valence-corrected chi connectivity index (χ4v) is 11.8. The molecule has 1 saturated heterocycles. The van der Waals surface area contributed by atoms with Crippen LogP contribution in [0.2, 0.25) is 0 Å². The number of hydrogen-bond acceptors (Lipinski definition) is 8. The number of rotatable bonds is 7. The minimum atomic E-state index is -1.50. The molecule has 0 unspecified atom stereocenters. The molecule has 4 aliphatic carbocycles. The summed E-state index contributed by atoms with van der Waals surface area (Å²) in [6.07, 6.45) is 2.60. The van der Waals surface area contributed by atoms with E-state index in [0.29, 0.717) is 18.3 Å². The van der Waals surface area contributed by atoms with Crippen LogP contribution in [0.3, 0.4) is 0 Å². The van der Waals surface area contributed by atoms with Crippen LogP contribution in [0.4, 0.5) is 0 Å². The number of aliphatic hydroxyl groups excluding tert-OH is 6. The van der Waals surface area contributed by atoms with E-state index in [0.717, 1.165) is 51.4 Å². The topological polar surface area (TPSA) is 140 Å². The Kier molecular flexibility index (Phi) is 9.35. The predicted molar refractivity (Wildman–Crippen MR) is 168 cm³/mol. The minimum Gasteiger partial charge on any atom is -0.394 e. The molecular weight excluding hydrogens is 560 g/mol. The highest BCUT2D eigenvalue weighted by molar-refractivity contribution is 5.20. The maximum absolute atomic E-state index is 12.2. The monoisotopic (exact) mass is 622 g/mol. The molecule has 254 valence electrons. The summed E-state index contributed by atoms with van der Waals surface area (Å²) in [5.41, 5.74) is 0.171. The second-order valence-electron chi connectivity index (χ2n) is 17.3.